The molecule has 0 radical (unpaired) electrons. The fourth-order valence-electron chi connectivity index (χ4n) is 3.71. The van der Waals surface area contributed by atoms with Crippen molar-refractivity contribution >= 4 is 17.4 Å². The maximum Gasteiger partial charge on any atom is 0.251 e. The number of amides is 1. The van der Waals surface area contributed by atoms with Crippen LogP contribution in [-0.2, 0) is 0 Å². The highest BCUT2D eigenvalue weighted by atomic mass is 19.1. The quantitative estimate of drug-likeness (QED) is 0.414. The molecule has 33 heavy (non-hydrogen) atoms. The number of nitrogens with zero attached hydrogens (tertiary/aromatic N) is 3. The summed E-state index contributed by atoms with van der Waals surface area (Å²) in [7, 11) is 0. The molecule has 0 unspecified atom stereocenters. The van der Waals surface area contributed by atoms with Gasteiger partial charge in [0, 0.05) is 35.5 Å². The highest BCUT2D eigenvalue weighted by Gasteiger charge is 2.24. The minimum absolute atomic E-state index is 0.0478. The van der Waals surface area contributed by atoms with Crippen LogP contribution in [0.2, 0.25) is 0 Å². The zero-order valence-electron chi connectivity index (χ0n) is 18.7. The van der Waals surface area contributed by atoms with E-state index >= 15 is 0 Å². The van der Waals surface area contributed by atoms with Crippen LogP contribution in [0.4, 0.5) is 10.2 Å². The summed E-state index contributed by atoms with van der Waals surface area (Å²) < 4.78 is 16.5. The molecule has 1 aliphatic rings. The summed E-state index contributed by atoms with van der Waals surface area (Å²) in [6, 6.07) is 14.4. The Morgan fingerprint density at radius 1 is 1.15 bits per heavy atom. The van der Waals surface area contributed by atoms with Crippen molar-refractivity contribution in [1.82, 2.24) is 19.7 Å². The first kappa shape index (κ1) is 21.1. The highest BCUT2D eigenvalue weighted by Crippen LogP contribution is 2.29. The molecule has 0 bridgehead atoms. The Bertz CT molecular complexity index is 1310. The van der Waals surface area contributed by atoms with Crippen molar-refractivity contribution in [1.29, 1.82) is 0 Å². The van der Waals surface area contributed by atoms with Crippen LogP contribution in [0.3, 0.4) is 0 Å². The molecule has 0 spiro atoms. The molecule has 1 saturated carbocycles. The topological polar surface area (TPSA) is 71.3 Å². The molecule has 2 N–H and O–H groups in total. The van der Waals surface area contributed by atoms with E-state index in [1.165, 1.54) is 6.07 Å². The van der Waals surface area contributed by atoms with Crippen LogP contribution in [0.5, 0.6) is 0 Å². The number of hydrogen-bond acceptors (Lipinski definition) is 4. The van der Waals surface area contributed by atoms with Gasteiger partial charge in [-0.15, -0.1) is 0 Å². The van der Waals surface area contributed by atoms with Crippen molar-refractivity contribution in [3.8, 4) is 22.5 Å². The van der Waals surface area contributed by atoms with Crippen molar-refractivity contribution in [2.24, 2.45) is 5.92 Å². The number of rotatable bonds is 7. The van der Waals surface area contributed by atoms with Crippen LogP contribution in [0, 0.1) is 11.7 Å². The van der Waals surface area contributed by atoms with E-state index in [0.29, 0.717) is 40.2 Å². The predicted octanol–water partition coefficient (Wildman–Crippen LogP) is 5.16. The average molecular weight is 444 g/mol. The van der Waals surface area contributed by atoms with E-state index in [1.807, 2.05) is 34.9 Å². The molecular weight excluding hydrogens is 417 g/mol. The SMILES string of the molecule is CC(C)CNc1nc(-c2ccccc2F)cn2c(-c3ccc(C(=O)NC4CC4)cc3)cnc12. The second kappa shape index (κ2) is 8.65. The second-order valence-corrected chi connectivity index (χ2v) is 8.89. The number of carbonyl (C=O) groups excluding carboxylic acids is 1. The highest BCUT2D eigenvalue weighted by molar-refractivity contribution is 5.95. The predicted molar refractivity (Wildman–Crippen MR) is 128 cm³/mol. The Hall–Kier alpha value is -3.74. The van der Waals surface area contributed by atoms with Gasteiger partial charge in [-0.25, -0.2) is 14.4 Å². The molecule has 1 fully saturated rings. The van der Waals surface area contributed by atoms with E-state index in [4.69, 9.17) is 4.98 Å². The fraction of sp³-hybridized carbons (Fsp3) is 0.269. The number of fused-ring (bicyclic) bond motifs is 1. The van der Waals surface area contributed by atoms with E-state index in [1.54, 1.807) is 24.4 Å². The summed E-state index contributed by atoms with van der Waals surface area (Å²) >= 11 is 0. The number of halogens is 1. The van der Waals surface area contributed by atoms with E-state index in [-0.39, 0.29) is 11.7 Å². The van der Waals surface area contributed by atoms with E-state index in [2.05, 4.69) is 29.5 Å². The molecule has 168 valence electrons. The van der Waals surface area contributed by atoms with Gasteiger partial charge >= 0.3 is 0 Å². The molecule has 7 heteroatoms. The van der Waals surface area contributed by atoms with Gasteiger partial charge in [-0.3, -0.25) is 9.20 Å². The van der Waals surface area contributed by atoms with Gasteiger partial charge in [0.05, 0.1) is 17.6 Å². The standard InChI is InChI=1S/C26H26FN5O/c1-16(2)13-28-24-25-29-14-23(17-7-9-18(10-8-17)26(33)30-19-11-12-19)32(25)15-22(31-24)20-5-3-4-6-21(20)27/h3-10,14-16,19H,11-13H2,1-2H3,(H,28,31)(H,30,33). The summed E-state index contributed by atoms with van der Waals surface area (Å²) in [5.74, 6) is 0.643. The molecule has 0 saturated heterocycles. The minimum Gasteiger partial charge on any atom is -0.367 e. The summed E-state index contributed by atoms with van der Waals surface area (Å²) in [5.41, 5.74) is 4.00. The Balaban J connectivity index is 1.56. The first-order valence-electron chi connectivity index (χ1n) is 11.3. The summed E-state index contributed by atoms with van der Waals surface area (Å²) in [6.45, 7) is 4.95. The lowest BCUT2D eigenvalue weighted by Crippen LogP contribution is -2.25. The second-order valence-electron chi connectivity index (χ2n) is 8.89. The lowest BCUT2D eigenvalue weighted by molar-refractivity contribution is 0.0951. The molecule has 6 nitrogen and oxygen atoms in total. The third-order valence-electron chi connectivity index (χ3n) is 5.68. The summed E-state index contributed by atoms with van der Waals surface area (Å²) in [4.78, 5) is 21.6. The molecule has 5 rings (SSSR count). The fourth-order valence-corrected chi connectivity index (χ4v) is 3.71. The number of anilines is 1. The van der Waals surface area contributed by atoms with Crippen molar-refractivity contribution in [2.75, 3.05) is 11.9 Å². The number of aromatic nitrogens is 3. The molecule has 2 heterocycles. The average Bonchev–Trinajstić information content (AvgIpc) is 3.53. The molecule has 4 aromatic rings. The Kier molecular flexibility index (Phi) is 5.54. The number of carbonyl (C=O) groups is 1. The molecule has 1 aliphatic carbocycles. The maximum atomic E-state index is 14.6. The largest absolute Gasteiger partial charge is 0.367 e. The van der Waals surface area contributed by atoms with Gasteiger partial charge in [0.15, 0.2) is 11.5 Å². The van der Waals surface area contributed by atoms with Gasteiger partial charge in [-0.2, -0.15) is 0 Å². The summed E-state index contributed by atoms with van der Waals surface area (Å²) in [6.07, 6.45) is 5.70. The van der Waals surface area contributed by atoms with Crippen LogP contribution < -0.4 is 10.6 Å². The van der Waals surface area contributed by atoms with Gasteiger partial charge in [0.25, 0.3) is 5.91 Å². The number of nitrogens with one attached hydrogen (secondary N) is 2. The number of hydrogen-bond donors (Lipinski definition) is 2. The Morgan fingerprint density at radius 2 is 1.91 bits per heavy atom. The van der Waals surface area contributed by atoms with Gasteiger partial charge < -0.3 is 10.6 Å². The molecule has 2 aromatic carbocycles. The minimum atomic E-state index is -0.327. The third-order valence-corrected chi connectivity index (χ3v) is 5.68. The maximum absolute atomic E-state index is 14.6. The summed E-state index contributed by atoms with van der Waals surface area (Å²) in [5, 5.41) is 6.37. The first-order valence-corrected chi connectivity index (χ1v) is 11.3. The third kappa shape index (κ3) is 4.44. The van der Waals surface area contributed by atoms with Gasteiger partial charge in [0.1, 0.15) is 5.82 Å². The zero-order valence-corrected chi connectivity index (χ0v) is 18.7. The van der Waals surface area contributed by atoms with E-state index < -0.39 is 0 Å². The lowest BCUT2D eigenvalue weighted by atomic mass is 10.1. The molecular formula is C26H26FN5O. The number of imidazole rings is 1. The Labute approximate surface area is 191 Å². The van der Waals surface area contributed by atoms with Crippen LogP contribution in [-0.4, -0.2) is 32.9 Å². The molecule has 0 aliphatic heterocycles. The number of benzene rings is 2. The normalized spacial score (nSPS) is 13.5. The zero-order chi connectivity index (χ0) is 22.9. The molecule has 1 amide bonds. The van der Waals surface area contributed by atoms with E-state index in [0.717, 1.165) is 30.6 Å². The van der Waals surface area contributed by atoms with Gasteiger partial charge in [0.2, 0.25) is 0 Å². The monoisotopic (exact) mass is 443 g/mol. The van der Waals surface area contributed by atoms with Crippen LogP contribution in [0.15, 0.2) is 60.9 Å². The smallest absolute Gasteiger partial charge is 0.251 e. The van der Waals surface area contributed by atoms with E-state index in [9.17, 15) is 9.18 Å². The van der Waals surface area contributed by atoms with Gasteiger partial charge in [-0.05, 0) is 43.0 Å². The Morgan fingerprint density at radius 3 is 2.61 bits per heavy atom. The van der Waals surface area contributed by atoms with Crippen LogP contribution in [0.25, 0.3) is 28.2 Å². The van der Waals surface area contributed by atoms with Crippen molar-refractivity contribution < 1.29 is 9.18 Å². The van der Waals surface area contributed by atoms with Crippen molar-refractivity contribution in [3.63, 3.8) is 0 Å². The molecule has 2 aromatic heterocycles. The van der Waals surface area contributed by atoms with Gasteiger partial charge in [-0.1, -0.05) is 38.1 Å². The van der Waals surface area contributed by atoms with Crippen molar-refractivity contribution in [2.45, 2.75) is 32.7 Å². The van der Waals surface area contributed by atoms with Crippen LogP contribution >= 0.6 is 0 Å². The first-order chi connectivity index (χ1) is 16.0. The van der Waals surface area contributed by atoms with Crippen LogP contribution in [0.1, 0.15) is 37.0 Å². The van der Waals surface area contributed by atoms with Crippen molar-refractivity contribution in [3.05, 3.63) is 72.3 Å². The molecule has 0 atom stereocenters. The lowest BCUT2D eigenvalue weighted by Gasteiger charge is -2.13.